The Labute approximate surface area is 170 Å². The smallest absolute Gasteiger partial charge is 0.264 e. The minimum atomic E-state index is 0.108. The first kappa shape index (κ1) is 20.3. The molecule has 0 spiro atoms. The van der Waals surface area contributed by atoms with E-state index < -0.39 is 0 Å². The van der Waals surface area contributed by atoms with Gasteiger partial charge in [0.05, 0.1) is 31.8 Å². The van der Waals surface area contributed by atoms with Gasteiger partial charge < -0.3 is 19.1 Å². The van der Waals surface area contributed by atoms with E-state index in [-0.39, 0.29) is 5.91 Å². The number of ether oxygens (including phenoxy) is 3. The number of hydrogen-bond donors (Lipinski definition) is 0. The Morgan fingerprint density at radius 2 is 1.79 bits per heavy atom. The van der Waals surface area contributed by atoms with Crippen LogP contribution >= 0.6 is 11.3 Å². The quantitative estimate of drug-likeness (QED) is 0.711. The number of amides is 1. The number of nitrogens with zero attached hydrogens (tertiary/aromatic N) is 1. The predicted molar refractivity (Wildman–Crippen MR) is 113 cm³/mol. The second kappa shape index (κ2) is 8.69. The molecule has 0 fully saturated rings. The summed E-state index contributed by atoms with van der Waals surface area (Å²) >= 11 is 1.59. The topological polar surface area (TPSA) is 48.0 Å². The summed E-state index contributed by atoms with van der Waals surface area (Å²) in [6.45, 7) is 5.44. The van der Waals surface area contributed by atoms with Gasteiger partial charge in [0.2, 0.25) is 0 Å². The summed E-state index contributed by atoms with van der Waals surface area (Å²) in [4.78, 5) is 16.8. The Morgan fingerprint density at radius 1 is 1.11 bits per heavy atom. The SMILES string of the molecule is CCc1cc(C(=O)N2CC=C(c3c(OC)cc(OC)cc3OC)CC2)sc1C. The summed E-state index contributed by atoms with van der Waals surface area (Å²) in [5, 5.41) is 0. The monoisotopic (exact) mass is 401 g/mol. The molecule has 1 aliphatic heterocycles. The Hall–Kier alpha value is -2.47. The highest BCUT2D eigenvalue weighted by atomic mass is 32.1. The number of rotatable bonds is 6. The zero-order valence-electron chi connectivity index (χ0n) is 17.1. The molecule has 1 amide bonds. The molecular weight excluding hydrogens is 374 g/mol. The third-order valence-corrected chi connectivity index (χ3v) is 6.23. The van der Waals surface area contributed by atoms with Gasteiger partial charge in [-0.15, -0.1) is 11.3 Å². The van der Waals surface area contributed by atoms with Crippen molar-refractivity contribution in [2.24, 2.45) is 0 Å². The number of carbonyl (C=O) groups excluding carboxylic acids is 1. The summed E-state index contributed by atoms with van der Waals surface area (Å²) in [7, 11) is 4.90. The molecule has 0 radical (unpaired) electrons. The Bertz CT molecular complexity index is 875. The molecular formula is C22H27NO4S. The molecule has 0 saturated carbocycles. The van der Waals surface area contributed by atoms with Crippen LogP contribution in [0.5, 0.6) is 17.2 Å². The van der Waals surface area contributed by atoms with E-state index in [1.165, 1.54) is 10.4 Å². The third kappa shape index (κ3) is 3.87. The lowest BCUT2D eigenvalue weighted by Gasteiger charge is -2.27. The van der Waals surface area contributed by atoms with E-state index in [1.807, 2.05) is 23.1 Å². The molecule has 1 aliphatic rings. The number of methoxy groups -OCH3 is 3. The number of aryl methyl sites for hydroxylation is 2. The number of thiophene rings is 1. The van der Waals surface area contributed by atoms with Crippen LogP contribution < -0.4 is 14.2 Å². The van der Waals surface area contributed by atoms with Gasteiger partial charge >= 0.3 is 0 Å². The highest BCUT2D eigenvalue weighted by Crippen LogP contribution is 2.41. The number of benzene rings is 1. The maximum Gasteiger partial charge on any atom is 0.264 e. The normalized spacial score (nSPS) is 13.9. The van der Waals surface area contributed by atoms with Crippen molar-refractivity contribution in [1.82, 2.24) is 4.90 Å². The van der Waals surface area contributed by atoms with Crippen molar-refractivity contribution in [1.29, 1.82) is 0 Å². The largest absolute Gasteiger partial charge is 0.496 e. The molecule has 2 heterocycles. The van der Waals surface area contributed by atoms with Crippen LogP contribution in [0.3, 0.4) is 0 Å². The van der Waals surface area contributed by atoms with Gasteiger partial charge in [0.1, 0.15) is 17.2 Å². The van der Waals surface area contributed by atoms with E-state index in [0.717, 1.165) is 28.9 Å². The molecule has 0 bridgehead atoms. The molecule has 2 aromatic rings. The van der Waals surface area contributed by atoms with Crippen LogP contribution in [0.2, 0.25) is 0 Å². The standard InChI is InChI=1S/C22H27NO4S/c1-6-15-11-20(28-14(15)2)22(24)23-9-7-16(8-10-23)21-18(26-4)12-17(25-3)13-19(21)27-5/h7,11-13H,6,8-10H2,1-5H3. The highest BCUT2D eigenvalue weighted by molar-refractivity contribution is 7.14. The molecule has 6 heteroatoms. The minimum Gasteiger partial charge on any atom is -0.496 e. The van der Waals surface area contributed by atoms with Crippen LogP contribution in [0.15, 0.2) is 24.3 Å². The zero-order valence-corrected chi connectivity index (χ0v) is 17.9. The van der Waals surface area contributed by atoms with E-state index in [0.29, 0.717) is 30.3 Å². The van der Waals surface area contributed by atoms with Crippen LogP contribution in [-0.4, -0.2) is 45.2 Å². The second-order valence-corrected chi connectivity index (χ2v) is 7.94. The molecule has 150 valence electrons. The van der Waals surface area contributed by atoms with E-state index in [1.54, 1.807) is 32.7 Å². The van der Waals surface area contributed by atoms with E-state index in [2.05, 4.69) is 19.9 Å². The summed E-state index contributed by atoms with van der Waals surface area (Å²) in [6.07, 6.45) is 3.79. The molecule has 28 heavy (non-hydrogen) atoms. The van der Waals surface area contributed by atoms with Gasteiger partial charge in [-0.2, -0.15) is 0 Å². The fourth-order valence-corrected chi connectivity index (χ4v) is 4.62. The van der Waals surface area contributed by atoms with Gasteiger partial charge in [-0.1, -0.05) is 13.0 Å². The van der Waals surface area contributed by atoms with Crippen molar-refractivity contribution in [3.05, 3.63) is 45.2 Å². The molecule has 3 rings (SSSR count). The zero-order chi connectivity index (χ0) is 20.3. The minimum absolute atomic E-state index is 0.108. The van der Waals surface area contributed by atoms with Crippen molar-refractivity contribution < 1.29 is 19.0 Å². The number of hydrogen-bond acceptors (Lipinski definition) is 5. The Kier molecular flexibility index (Phi) is 6.29. The first-order valence-corrected chi connectivity index (χ1v) is 10.2. The molecule has 0 aliphatic carbocycles. The van der Waals surface area contributed by atoms with Crippen molar-refractivity contribution in [2.75, 3.05) is 34.4 Å². The van der Waals surface area contributed by atoms with Crippen molar-refractivity contribution in [2.45, 2.75) is 26.7 Å². The molecule has 0 saturated heterocycles. The molecule has 0 atom stereocenters. The van der Waals surface area contributed by atoms with Gasteiger partial charge in [-0.3, -0.25) is 4.79 Å². The van der Waals surface area contributed by atoms with Gasteiger partial charge in [0.15, 0.2) is 0 Å². The van der Waals surface area contributed by atoms with Crippen LogP contribution in [-0.2, 0) is 6.42 Å². The predicted octanol–water partition coefficient (Wildman–Crippen LogP) is 4.57. The van der Waals surface area contributed by atoms with Crippen molar-refractivity contribution in [3.63, 3.8) is 0 Å². The van der Waals surface area contributed by atoms with Crippen LogP contribution in [0.25, 0.3) is 5.57 Å². The van der Waals surface area contributed by atoms with Gasteiger partial charge in [-0.05, 0) is 37.0 Å². The van der Waals surface area contributed by atoms with Gasteiger partial charge in [-0.25, -0.2) is 0 Å². The van der Waals surface area contributed by atoms with E-state index in [9.17, 15) is 4.79 Å². The molecule has 0 unspecified atom stereocenters. The maximum absolute atomic E-state index is 12.9. The first-order chi connectivity index (χ1) is 13.5. The fraction of sp³-hybridized carbons (Fsp3) is 0.409. The first-order valence-electron chi connectivity index (χ1n) is 9.40. The third-order valence-electron chi connectivity index (χ3n) is 5.14. The second-order valence-electron chi connectivity index (χ2n) is 6.68. The molecule has 5 nitrogen and oxygen atoms in total. The van der Waals surface area contributed by atoms with Crippen molar-refractivity contribution in [3.8, 4) is 17.2 Å². The van der Waals surface area contributed by atoms with Gasteiger partial charge in [0, 0.05) is 30.1 Å². The average Bonchev–Trinajstić information content (AvgIpc) is 3.12. The maximum atomic E-state index is 12.9. The van der Waals surface area contributed by atoms with Crippen molar-refractivity contribution >= 4 is 22.8 Å². The highest BCUT2D eigenvalue weighted by Gasteiger charge is 2.24. The fourth-order valence-electron chi connectivity index (χ4n) is 3.53. The summed E-state index contributed by atoms with van der Waals surface area (Å²) in [5.74, 6) is 2.22. The van der Waals surface area contributed by atoms with Crippen LogP contribution in [0.1, 0.15) is 39.0 Å². The van der Waals surface area contributed by atoms with Crippen LogP contribution in [0, 0.1) is 6.92 Å². The lowest BCUT2D eigenvalue weighted by atomic mass is 9.97. The lowest BCUT2D eigenvalue weighted by molar-refractivity contribution is 0.0777. The van der Waals surface area contributed by atoms with Crippen LogP contribution in [0.4, 0.5) is 0 Å². The Morgan fingerprint density at radius 3 is 2.25 bits per heavy atom. The lowest BCUT2D eigenvalue weighted by Crippen LogP contribution is -2.34. The summed E-state index contributed by atoms with van der Waals surface area (Å²) < 4.78 is 16.5. The molecule has 1 aromatic heterocycles. The summed E-state index contributed by atoms with van der Waals surface area (Å²) in [6, 6.07) is 5.75. The molecule has 1 aromatic carbocycles. The average molecular weight is 402 g/mol. The Balaban J connectivity index is 1.84. The number of carbonyl (C=O) groups is 1. The summed E-state index contributed by atoms with van der Waals surface area (Å²) in [5.41, 5.74) is 3.31. The van der Waals surface area contributed by atoms with E-state index in [4.69, 9.17) is 14.2 Å². The van der Waals surface area contributed by atoms with E-state index >= 15 is 0 Å². The van der Waals surface area contributed by atoms with Gasteiger partial charge in [0.25, 0.3) is 5.91 Å². The molecule has 0 N–H and O–H groups in total.